The zero-order valence-electron chi connectivity index (χ0n) is 8.16. The van der Waals surface area contributed by atoms with Crippen molar-refractivity contribution in [3.05, 3.63) is 29.8 Å². The van der Waals surface area contributed by atoms with Gasteiger partial charge in [0, 0.05) is 5.56 Å². The molecule has 2 rings (SSSR count). The molecule has 0 aromatic heterocycles. The van der Waals surface area contributed by atoms with Gasteiger partial charge in [-0.25, -0.2) is 0 Å². The Morgan fingerprint density at radius 2 is 1.93 bits per heavy atom. The molecule has 1 radical (unpaired) electrons. The first-order valence-corrected chi connectivity index (χ1v) is 5.15. The first-order valence-electron chi connectivity index (χ1n) is 5.15. The Labute approximate surface area is 84.2 Å². The van der Waals surface area contributed by atoms with E-state index in [0.717, 1.165) is 25.7 Å². The number of rotatable bonds is 1. The van der Waals surface area contributed by atoms with Gasteiger partial charge in [-0.2, -0.15) is 0 Å². The molecule has 1 saturated carbocycles. The molecule has 1 aliphatic carbocycles. The van der Waals surface area contributed by atoms with E-state index in [4.69, 9.17) is 0 Å². The first-order chi connectivity index (χ1) is 6.72. The Hall–Kier alpha value is -1.02. The normalized spacial score (nSPS) is 20.6. The standard InChI is InChI=1S/C12H15O2/c13-11-7-3-2-6-10(11)12(14)8-4-1-5-9-12/h2-3,7,13-14H,1,4-5,8-9H2. The van der Waals surface area contributed by atoms with Gasteiger partial charge >= 0.3 is 0 Å². The van der Waals surface area contributed by atoms with E-state index in [2.05, 4.69) is 6.07 Å². The van der Waals surface area contributed by atoms with Crippen molar-refractivity contribution in [3.63, 3.8) is 0 Å². The lowest BCUT2D eigenvalue weighted by Crippen LogP contribution is -2.28. The second-order valence-corrected chi connectivity index (χ2v) is 4.02. The van der Waals surface area contributed by atoms with Crippen molar-refractivity contribution in [1.29, 1.82) is 0 Å². The summed E-state index contributed by atoms with van der Waals surface area (Å²) >= 11 is 0. The molecule has 1 aromatic carbocycles. The Morgan fingerprint density at radius 1 is 1.21 bits per heavy atom. The Morgan fingerprint density at radius 3 is 2.57 bits per heavy atom. The van der Waals surface area contributed by atoms with Crippen LogP contribution in [0.15, 0.2) is 18.2 Å². The van der Waals surface area contributed by atoms with E-state index in [1.165, 1.54) is 6.42 Å². The van der Waals surface area contributed by atoms with Crippen LogP contribution in [-0.4, -0.2) is 10.2 Å². The van der Waals surface area contributed by atoms with Crippen LogP contribution in [0.1, 0.15) is 37.7 Å². The van der Waals surface area contributed by atoms with Crippen LogP contribution in [0.5, 0.6) is 5.75 Å². The fraction of sp³-hybridized carbons (Fsp3) is 0.500. The van der Waals surface area contributed by atoms with Gasteiger partial charge < -0.3 is 10.2 Å². The number of hydrogen-bond donors (Lipinski definition) is 2. The fourth-order valence-corrected chi connectivity index (χ4v) is 2.19. The van der Waals surface area contributed by atoms with Crippen LogP contribution in [0.25, 0.3) is 0 Å². The second kappa shape index (κ2) is 3.62. The van der Waals surface area contributed by atoms with E-state index in [1.807, 2.05) is 0 Å². The predicted molar refractivity (Wildman–Crippen MR) is 53.9 cm³/mol. The summed E-state index contributed by atoms with van der Waals surface area (Å²) in [7, 11) is 0. The zero-order valence-corrected chi connectivity index (χ0v) is 8.16. The van der Waals surface area contributed by atoms with Crippen LogP contribution in [0, 0.1) is 6.07 Å². The van der Waals surface area contributed by atoms with Gasteiger partial charge in [-0.15, -0.1) is 0 Å². The van der Waals surface area contributed by atoms with E-state index in [1.54, 1.807) is 18.2 Å². The number of aliphatic hydroxyl groups is 1. The topological polar surface area (TPSA) is 40.5 Å². The third-order valence-electron chi connectivity index (χ3n) is 2.98. The van der Waals surface area contributed by atoms with E-state index in [0.29, 0.717) is 5.56 Å². The summed E-state index contributed by atoms with van der Waals surface area (Å²) in [4.78, 5) is 0. The number of phenolic OH excluding ortho intramolecular Hbond substituents is 1. The molecule has 0 saturated heterocycles. The molecular weight excluding hydrogens is 176 g/mol. The molecule has 1 aromatic rings. The van der Waals surface area contributed by atoms with Gasteiger partial charge in [0.15, 0.2) is 0 Å². The zero-order chi connectivity index (χ0) is 10.0. The largest absolute Gasteiger partial charge is 0.508 e. The SMILES string of the molecule is Oc1ccc[c]c1C1(O)CCCCC1. The molecule has 0 spiro atoms. The highest BCUT2D eigenvalue weighted by Gasteiger charge is 2.33. The molecule has 0 bridgehead atoms. The van der Waals surface area contributed by atoms with Gasteiger partial charge in [0.05, 0.1) is 5.60 Å². The molecule has 0 heterocycles. The summed E-state index contributed by atoms with van der Waals surface area (Å²) in [6.45, 7) is 0. The minimum atomic E-state index is -0.844. The second-order valence-electron chi connectivity index (χ2n) is 4.02. The van der Waals surface area contributed by atoms with Gasteiger partial charge in [0.2, 0.25) is 0 Å². The van der Waals surface area contributed by atoms with Gasteiger partial charge in [0.25, 0.3) is 0 Å². The third kappa shape index (κ3) is 1.62. The molecule has 1 fully saturated rings. The molecule has 0 aliphatic heterocycles. The number of benzene rings is 1. The molecule has 14 heavy (non-hydrogen) atoms. The predicted octanol–water partition coefficient (Wildman–Crippen LogP) is 2.34. The summed E-state index contributed by atoms with van der Waals surface area (Å²) in [6, 6.07) is 8.02. The molecule has 2 heteroatoms. The van der Waals surface area contributed by atoms with Crippen LogP contribution in [0.3, 0.4) is 0 Å². The Bertz CT molecular complexity index is 314. The van der Waals surface area contributed by atoms with E-state index in [9.17, 15) is 10.2 Å². The summed E-state index contributed by atoms with van der Waals surface area (Å²) in [6.07, 6.45) is 4.70. The minimum absolute atomic E-state index is 0.164. The highest BCUT2D eigenvalue weighted by Crippen LogP contribution is 2.40. The van der Waals surface area contributed by atoms with E-state index < -0.39 is 5.60 Å². The lowest BCUT2D eigenvalue weighted by Gasteiger charge is -2.32. The van der Waals surface area contributed by atoms with Crippen molar-refractivity contribution in [2.45, 2.75) is 37.7 Å². The van der Waals surface area contributed by atoms with Crippen LogP contribution in [-0.2, 0) is 5.60 Å². The highest BCUT2D eigenvalue weighted by molar-refractivity contribution is 5.35. The average Bonchev–Trinajstić information content (AvgIpc) is 2.19. The highest BCUT2D eigenvalue weighted by atomic mass is 16.3. The molecule has 2 nitrogen and oxygen atoms in total. The monoisotopic (exact) mass is 191 g/mol. The molecule has 75 valence electrons. The number of hydrogen-bond acceptors (Lipinski definition) is 2. The van der Waals surface area contributed by atoms with Gasteiger partial charge in [0.1, 0.15) is 5.75 Å². The molecule has 1 aliphatic rings. The number of phenols is 1. The quantitative estimate of drug-likeness (QED) is 0.715. The third-order valence-corrected chi connectivity index (χ3v) is 2.98. The summed E-state index contributed by atoms with van der Waals surface area (Å²) in [5.74, 6) is 0.164. The molecule has 2 N–H and O–H groups in total. The minimum Gasteiger partial charge on any atom is -0.508 e. The van der Waals surface area contributed by atoms with Crippen LogP contribution < -0.4 is 0 Å². The lowest BCUT2D eigenvalue weighted by molar-refractivity contribution is -0.00276. The van der Waals surface area contributed by atoms with E-state index in [-0.39, 0.29) is 5.75 Å². The maximum atomic E-state index is 10.3. The van der Waals surface area contributed by atoms with Gasteiger partial charge in [-0.05, 0) is 25.0 Å². The number of aromatic hydroxyl groups is 1. The molecule has 0 atom stereocenters. The molecule has 0 unspecified atom stereocenters. The lowest BCUT2D eigenvalue weighted by atomic mass is 9.79. The van der Waals surface area contributed by atoms with Crippen molar-refractivity contribution in [1.82, 2.24) is 0 Å². The summed E-state index contributed by atoms with van der Waals surface area (Å²) in [5.41, 5.74) is -0.274. The van der Waals surface area contributed by atoms with Crippen molar-refractivity contribution in [2.24, 2.45) is 0 Å². The smallest absolute Gasteiger partial charge is 0.122 e. The van der Waals surface area contributed by atoms with Crippen molar-refractivity contribution in [3.8, 4) is 5.75 Å². The van der Waals surface area contributed by atoms with Gasteiger partial charge in [-0.3, -0.25) is 0 Å². The van der Waals surface area contributed by atoms with Gasteiger partial charge in [-0.1, -0.05) is 31.4 Å². The maximum Gasteiger partial charge on any atom is 0.122 e. The summed E-state index contributed by atoms with van der Waals surface area (Å²) < 4.78 is 0. The Kier molecular flexibility index (Phi) is 2.46. The van der Waals surface area contributed by atoms with Crippen LogP contribution >= 0.6 is 0 Å². The molecular formula is C12H15O2. The van der Waals surface area contributed by atoms with Crippen molar-refractivity contribution < 1.29 is 10.2 Å². The van der Waals surface area contributed by atoms with Crippen LogP contribution in [0.4, 0.5) is 0 Å². The molecule has 0 amide bonds. The summed E-state index contributed by atoms with van der Waals surface area (Å²) in [5, 5.41) is 20.0. The first kappa shape index (κ1) is 9.53. The van der Waals surface area contributed by atoms with Crippen molar-refractivity contribution in [2.75, 3.05) is 0 Å². The van der Waals surface area contributed by atoms with Crippen LogP contribution in [0.2, 0.25) is 0 Å². The Balaban J connectivity index is 2.32. The van der Waals surface area contributed by atoms with E-state index >= 15 is 0 Å². The maximum absolute atomic E-state index is 10.3. The fourth-order valence-electron chi connectivity index (χ4n) is 2.19. The average molecular weight is 191 g/mol. The van der Waals surface area contributed by atoms with Crippen molar-refractivity contribution >= 4 is 0 Å².